The average Bonchev–Trinajstić information content (AvgIpc) is 2.31. The van der Waals surface area contributed by atoms with E-state index in [0.29, 0.717) is 12.5 Å². The number of hydrogen-bond acceptors (Lipinski definition) is 3. The van der Waals surface area contributed by atoms with Gasteiger partial charge in [0, 0.05) is 12.6 Å². The Kier molecular flexibility index (Phi) is 3.82. The number of nitrogens with two attached hydrogens (primary N) is 1. The second-order valence-electron chi connectivity index (χ2n) is 5.16. The van der Waals surface area contributed by atoms with Gasteiger partial charge in [-0.3, -0.25) is 0 Å². The first-order valence-electron chi connectivity index (χ1n) is 6.41. The van der Waals surface area contributed by atoms with Crippen molar-refractivity contribution in [3.05, 3.63) is 24.0 Å². The van der Waals surface area contributed by atoms with Gasteiger partial charge in [0.1, 0.15) is 10.7 Å². The maximum atomic E-state index is 13.0. The van der Waals surface area contributed by atoms with Crippen LogP contribution in [-0.2, 0) is 10.0 Å². The molecule has 0 saturated carbocycles. The SMILES string of the molecule is CC1CCCN(S(=O)(=O)c2ccc(F)cc2N)C1C. The molecule has 2 atom stereocenters. The first kappa shape index (κ1) is 14.3. The number of benzene rings is 1. The summed E-state index contributed by atoms with van der Waals surface area (Å²) in [4.78, 5) is -0.00477. The molecule has 1 saturated heterocycles. The van der Waals surface area contributed by atoms with Crippen LogP contribution in [0.5, 0.6) is 0 Å². The number of nitrogens with zero attached hydrogens (tertiary/aromatic N) is 1. The minimum absolute atomic E-state index is 0.00477. The maximum Gasteiger partial charge on any atom is 0.245 e. The molecule has 19 heavy (non-hydrogen) atoms. The molecule has 2 N–H and O–H groups in total. The topological polar surface area (TPSA) is 63.4 Å². The zero-order chi connectivity index (χ0) is 14.2. The molecule has 0 amide bonds. The molecule has 1 aromatic carbocycles. The normalized spacial score (nSPS) is 25.4. The Bertz CT molecular complexity index is 574. The van der Waals surface area contributed by atoms with Crippen molar-refractivity contribution in [2.75, 3.05) is 12.3 Å². The lowest BCUT2D eigenvalue weighted by Crippen LogP contribution is -2.46. The molecule has 0 spiro atoms. The first-order valence-corrected chi connectivity index (χ1v) is 7.85. The molecular weight excluding hydrogens is 267 g/mol. The van der Waals surface area contributed by atoms with Crippen LogP contribution in [0.2, 0.25) is 0 Å². The van der Waals surface area contributed by atoms with Crippen molar-refractivity contribution in [2.45, 2.75) is 37.6 Å². The highest BCUT2D eigenvalue weighted by molar-refractivity contribution is 7.89. The summed E-state index contributed by atoms with van der Waals surface area (Å²) in [7, 11) is -3.65. The van der Waals surface area contributed by atoms with Gasteiger partial charge in [-0.2, -0.15) is 4.31 Å². The van der Waals surface area contributed by atoms with E-state index in [0.717, 1.165) is 25.0 Å². The Labute approximate surface area is 113 Å². The summed E-state index contributed by atoms with van der Waals surface area (Å²) < 4.78 is 39.7. The number of rotatable bonds is 2. The zero-order valence-electron chi connectivity index (χ0n) is 11.1. The van der Waals surface area contributed by atoms with Crippen LogP contribution >= 0.6 is 0 Å². The van der Waals surface area contributed by atoms with E-state index in [4.69, 9.17) is 5.73 Å². The third kappa shape index (κ3) is 2.60. The van der Waals surface area contributed by atoms with Crippen LogP contribution in [0, 0.1) is 11.7 Å². The van der Waals surface area contributed by atoms with Gasteiger partial charge in [-0.05, 0) is 43.9 Å². The molecule has 2 rings (SSSR count). The van der Waals surface area contributed by atoms with Crippen LogP contribution < -0.4 is 5.73 Å². The fourth-order valence-electron chi connectivity index (χ4n) is 2.52. The maximum absolute atomic E-state index is 13.0. The molecule has 2 unspecified atom stereocenters. The highest BCUT2D eigenvalue weighted by atomic mass is 32.2. The van der Waals surface area contributed by atoms with Gasteiger partial charge in [0.2, 0.25) is 10.0 Å². The second-order valence-corrected chi connectivity index (χ2v) is 7.02. The zero-order valence-corrected chi connectivity index (χ0v) is 12.0. The largest absolute Gasteiger partial charge is 0.398 e. The lowest BCUT2D eigenvalue weighted by atomic mass is 9.94. The van der Waals surface area contributed by atoms with Crippen molar-refractivity contribution < 1.29 is 12.8 Å². The molecular formula is C13H19FN2O2S. The van der Waals surface area contributed by atoms with E-state index in [2.05, 4.69) is 0 Å². The van der Waals surface area contributed by atoms with Crippen LogP contribution in [0.15, 0.2) is 23.1 Å². The van der Waals surface area contributed by atoms with E-state index < -0.39 is 15.8 Å². The summed E-state index contributed by atoms with van der Waals surface area (Å²) in [5.74, 6) is -0.221. The highest BCUT2D eigenvalue weighted by Gasteiger charge is 2.35. The molecule has 0 radical (unpaired) electrons. The van der Waals surface area contributed by atoms with E-state index in [1.54, 1.807) is 0 Å². The molecule has 0 aromatic heterocycles. The van der Waals surface area contributed by atoms with Crippen molar-refractivity contribution in [1.29, 1.82) is 0 Å². The minimum atomic E-state index is -3.65. The van der Waals surface area contributed by atoms with Crippen molar-refractivity contribution in [3.63, 3.8) is 0 Å². The predicted molar refractivity (Wildman–Crippen MR) is 72.6 cm³/mol. The number of sulfonamides is 1. The third-order valence-corrected chi connectivity index (χ3v) is 5.93. The Hall–Kier alpha value is -1.14. The minimum Gasteiger partial charge on any atom is -0.398 e. The van der Waals surface area contributed by atoms with Gasteiger partial charge in [0.25, 0.3) is 0 Å². The molecule has 1 aliphatic heterocycles. The fourth-order valence-corrected chi connectivity index (χ4v) is 4.38. The number of anilines is 1. The van der Waals surface area contributed by atoms with Gasteiger partial charge in [-0.1, -0.05) is 6.92 Å². The molecule has 106 valence electrons. The van der Waals surface area contributed by atoms with Crippen molar-refractivity contribution in [1.82, 2.24) is 4.31 Å². The van der Waals surface area contributed by atoms with Crippen LogP contribution in [0.4, 0.5) is 10.1 Å². The summed E-state index contributed by atoms with van der Waals surface area (Å²) in [6.45, 7) is 4.44. The molecule has 0 bridgehead atoms. The van der Waals surface area contributed by atoms with Gasteiger partial charge < -0.3 is 5.73 Å². The quantitative estimate of drug-likeness (QED) is 0.848. The summed E-state index contributed by atoms with van der Waals surface area (Å²) in [6, 6.07) is 3.35. The smallest absolute Gasteiger partial charge is 0.245 e. The van der Waals surface area contributed by atoms with E-state index in [1.807, 2.05) is 13.8 Å². The van der Waals surface area contributed by atoms with Crippen LogP contribution in [-0.4, -0.2) is 25.3 Å². The lowest BCUT2D eigenvalue weighted by Gasteiger charge is -2.36. The molecule has 6 heteroatoms. The fraction of sp³-hybridized carbons (Fsp3) is 0.538. The van der Waals surface area contributed by atoms with Gasteiger partial charge in [0.15, 0.2) is 0 Å². The first-order chi connectivity index (χ1) is 8.84. The van der Waals surface area contributed by atoms with Crippen LogP contribution in [0.1, 0.15) is 26.7 Å². The monoisotopic (exact) mass is 286 g/mol. The molecule has 4 nitrogen and oxygen atoms in total. The highest BCUT2D eigenvalue weighted by Crippen LogP contribution is 2.31. The lowest BCUT2D eigenvalue weighted by molar-refractivity contribution is 0.202. The molecule has 1 heterocycles. The summed E-state index contributed by atoms with van der Waals surface area (Å²) in [5, 5.41) is 0. The van der Waals surface area contributed by atoms with Crippen LogP contribution in [0.25, 0.3) is 0 Å². The van der Waals surface area contributed by atoms with Gasteiger partial charge in [0.05, 0.1) is 5.69 Å². The molecule has 1 aliphatic rings. The van der Waals surface area contributed by atoms with Gasteiger partial charge in [-0.15, -0.1) is 0 Å². The average molecular weight is 286 g/mol. The molecule has 1 aromatic rings. The Morgan fingerprint density at radius 1 is 1.37 bits per heavy atom. The second kappa shape index (κ2) is 5.09. The molecule has 0 aliphatic carbocycles. The van der Waals surface area contributed by atoms with E-state index in [9.17, 15) is 12.8 Å². The Balaban J connectivity index is 2.41. The Morgan fingerprint density at radius 3 is 2.68 bits per heavy atom. The number of piperidine rings is 1. The number of hydrogen-bond donors (Lipinski definition) is 1. The Morgan fingerprint density at radius 2 is 2.05 bits per heavy atom. The van der Waals surface area contributed by atoms with Gasteiger partial charge >= 0.3 is 0 Å². The van der Waals surface area contributed by atoms with Gasteiger partial charge in [-0.25, -0.2) is 12.8 Å². The number of nitrogen functional groups attached to an aromatic ring is 1. The molecule has 1 fully saturated rings. The summed E-state index contributed by atoms with van der Waals surface area (Å²) in [5.41, 5.74) is 5.61. The standard InChI is InChI=1S/C13H19FN2O2S/c1-9-4-3-7-16(10(9)2)19(17,18)13-6-5-11(14)8-12(13)15/h5-6,8-10H,3-4,7,15H2,1-2H3. The van der Waals surface area contributed by atoms with Crippen LogP contribution in [0.3, 0.4) is 0 Å². The van der Waals surface area contributed by atoms with E-state index in [-0.39, 0.29) is 16.6 Å². The van der Waals surface area contributed by atoms with Crippen molar-refractivity contribution >= 4 is 15.7 Å². The third-order valence-electron chi connectivity index (χ3n) is 3.87. The van der Waals surface area contributed by atoms with Crippen molar-refractivity contribution in [3.8, 4) is 0 Å². The predicted octanol–water partition coefficient (Wildman–Crippen LogP) is 2.22. The van der Waals surface area contributed by atoms with E-state index in [1.165, 1.54) is 10.4 Å². The van der Waals surface area contributed by atoms with E-state index >= 15 is 0 Å². The summed E-state index contributed by atoms with van der Waals surface area (Å²) in [6.07, 6.45) is 1.86. The summed E-state index contributed by atoms with van der Waals surface area (Å²) >= 11 is 0. The van der Waals surface area contributed by atoms with Crippen molar-refractivity contribution in [2.24, 2.45) is 5.92 Å². The number of halogens is 1.